The Hall–Kier alpha value is -2.55. The van der Waals surface area contributed by atoms with Gasteiger partial charge >= 0.3 is 0 Å². The number of allylic oxidation sites excluding steroid dienone is 1. The SMILES string of the molecule is CC(C)(C)c1ccc(C(=O)/C=C/c2ccc3c(c2)OCO3)cc1. The summed E-state index contributed by atoms with van der Waals surface area (Å²) in [4.78, 5) is 12.3. The molecule has 1 aliphatic rings. The monoisotopic (exact) mass is 308 g/mol. The van der Waals surface area contributed by atoms with Crippen LogP contribution in [0.3, 0.4) is 0 Å². The molecule has 1 aliphatic heterocycles. The van der Waals surface area contributed by atoms with Gasteiger partial charge in [0, 0.05) is 5.56 Å². The first-order valence-corrected chi connectivity index (χ1v) is 7.66. The Morgan fingerprint density at radius 3 is 2.39 bits per heavy atom. The van der Waals surface area contributed by atoms with Crippen LogP contribution in [0.2, 0.25) is 0 Å². The first kappa shape index (κ1) is 15.3. The van der Waals surface area contributed by atoms with Gasteiger partial charge in [-0.1, -0.05) is 57.2 Å². The molecule has 0 saturated heterocycles. The Labute approximate surface area is 136 Å². The third-order valence-corrected chi connectivity index (χ3v) is 3.86. The fourth-order valence-electron chi connectivity index (χ4n) is 2.42. The van der Waals surface area contributed by atoms with Gasteiger partial charge in [-0.3, -0.25) is 4.79 Å². The highest BCUT2D eigenvalue weighted by atomic mass is 16.7. The molecule has 1 heterocycles. The third kappa shape index (κ3) is 3.45. The molecular weight excluding hydrogens is 288 g/mol. The van der Waals surface area contributed by atoms with E-state index in [0.717, 1.165) is 11.3 Å². The minimum absolute atomic E-state index is 0.0110. The molecule has 3 nitrogen and oxygen atoms in total. The lowest BCUT2D eigenvalue weighted by molar-refractivity contribution is 0.104. The fraction of sp³-hybridized carbons (Fsp3) is 0.250. The van der Waals surface area contributed by atoms with E-state index in [4.69, 9.17) is 9.47 Å². The van der Waals surface area contributed by atoms with Gasteiger partial charge in [-0.25, -0.2) is 0 Å². The Kier molecular flexibility index (Phi) is 3.95. The number of carbonyl (C=O) groups excluding carboxylic acids is 1. The van der Waals surface area contributed by atoms with Crippen molar-refractivity contribution in [3.8, 4) is 11.5 Å². The summed E-state index contributed by atoms with van der Waals surface area (Å²) < 4.78 is 10.6. The minimum Gasteiger partial charge on any atom is -0.454 e. The van der Waals surface area contributed by atoms with Crippen molar-refractivity contribution in [2.24, 2.45) is 0 Å². The summed E-state index contributed by atoms with van der Waals surface area (Å²) in [6, 6.07) is 13.4. The first-order chi connectivity index (χ1) is 10.9. The minimum atomic E-state index is -0.0110. The van der Waals surface area contributed by atoms with Crippen molar-refractivity contribution in [3.63, 3.8) is 0 Å². The van der Waals surface area contributed by atoms with Crippen molar-refractivity contribution >= 4 is 11.9 Å². The van der Waals surface area contributed by atoms with E-state index in [0.29, 0.717) is 11.3 Å². The Bertz CT molecular complexity index is 749. The molecule has 0 saturated carbocycles. The van der Waals surface area contributed by atoms with Crippen LogP contribution < -0.4 is 9.47 Å². The highest BCUT2D eigenvalue weighted by Crippen LogP contribution is 2.32. The van der Waals surface area contributed by atoms with Gasteiger partial charge in [0.05, 0.1) is 0 Å². The lowest BCUT2D eigenvalue weighted by Gasteiger charge is -2.18. The van der Waals surface area contributed by atoms with E-state index in [1.165, 1.54) is 5.56 Å². The zero-order valence-electron chi connectivity index (χ0n) is 13.6. The predicted molar refractivity (Wildman–Crippen MR) is 91.1 cm³/mol. The van der Waals surface area contributed by atoms with Gasteiger partial charge in [0.15, 0.2) is 17.3 Å². The Balaban J connectivity index is 1.73. The van der Waals surface area contributed by atoms with Gasteiger partial charge in [-0.2, -0.15) is 0 Å². The molecule has 0 spiro atoms. The molecule has 0 amide bonds. The Morgan fingerprint density at radius 1 is 1.00 bits per heavy atom. The third-order valence-electron chi connectivity index (χ3n) is 3.86. The maximum atomic E-state index is 12.3. The van der Waals surface area contributed by atoms with E-state index in [-0.39, 0.29) is 18.0 Å². The molecule has 0 radical (unpaired) electrons. The lowest BCUT2D eigenvalue weighted by atomic mass is 9.86. The summed E-state index contributed by atoms with van der Waals surface area (Å²) in [7, 11) is 0. The first-order valence-electron chi connectivity index (χ1n) is 7.66. The zero-order valence-corrected chi connectivity index (χ0v) is 13.6. The van der Waals surface area contributed by atoms with Crippen LogP contribution in [-0.4, -0.2) is 12.6 Å². The van der Waals surface area contributed by atoms with E-state index in [9.17, 15) is 4.79 Å². The van der Waals surface area contributed by atoms with E-state index in [2.05, 4.69) is 20.8 Å². The number of hydrogen-bond donors (Lipinski definition) is 0. The van der Waals surface area contributed by atoms with Crippen LogP contribution in [0, 0.1) is 0 Å². The lowest BCUT2D eigenvalue weighted by Crippen LogP contribution is -2.11. The van der Waals surface area contributed by atoms with Crippen molar-refractivity contribution in [2.45, 2.75) is 26.2 Å². The van der Waals surface area contributed by atoms with Gasteiger partial charge in [0.2, 0.25) is 6.79 Å². The van der Waals surface area contributed by atoms with E-state index in [1.807, 2.05) is 42.5 Å². The maximum absolute atomic E-state index is 12.3. The molecule has 118 valence electrons. The topological polar surface area (TPSA) is 35.5 Å². The zero-order chi connectivity index (χ0) is 16.4. The molecule has 0 fully saturated rings. The van der Waals surface area contributed by atoms with E-state index >= 15 is 0 Å². The second kappa shape index (κ2) is 5.92. The molecule has 0 unspecified atom stereocenters. The van der Waals surface area contributed by atoms with Crippen molar-refractivity contribution < 1.29 is 14.3 Å². The van der Waals surface area contributed by atoms with Gasteiger partial charge in [0.1, 0.15) is 0 Å². The summed E-state index contributed by atoms with van der Waals surface area (Å²) >= 11 is 0. The molecule has 2 aromatic carbocycles. The van der Waals surface area contributed by atoms with Crippen LogP contribution in [0.25, 0.3) is 6.08 Å². The second-order valence-corrected chi connectivity index (χ2v) is 6.64. The highest BCUT2D eigenvalue weighted by Gasteiger charge is 2.14. The number of benzene rings is 2. The van der Waals surface area contributed by atoms with Gasteiger partial charge in [-0.05, 0) is 34.8 Å². The van der Waals surface area contributed by atoms with Crippen molar-refractivity contribution in [3.05, 3.63) is 65.2 Å². The average molecular weight is 308 g/mol. The van der Waals surface area contributed by atoms with E-state index in [1.54, 1.807) is 12.2 Å². The number of ketones is 1. The van der Waals surface area contributed by atoms with E-state index < -0.39 is 0 Å². The second-order valence-electron chi connectivity index (χ2n) is 6.64. The van der Waals surface area contributed by atoms with Crippen LogP contribution in [0.1, 0.15) is 42.3 Å². The number of fused-ring (bicyclic) bond motifs is 1. The smallest absolute Gasteiger partial charge is 0.231 e. The molecule has 2 aromatic rings. The molecule has 0 N–H and O–H groups in total. The highest BCUT2D eigenvalue weighted by molar-refractivity contribution is 6.06. The van der Waals surface area contributed by atoms with Crippen molar-refractivity contribution in [1.82, 2.24) is 0 Å². The van der Waals surface area contributed by atoms with Crippen LogP contribution in [0.5, 0.6) is 11.5 Å². The fourth-order valence-corrected chi connectivity index (χ4v) is 2.42. The molecular formula is C20H20O3. The summed E-state index contributed by atoms with van der Waals surface area (Å²) in [5.41, 5.74) is 2.90. The average Bonchev–Trinajstić information content (AvgIpc) is 2.99. The van der Waals surface area contributed by atoms with Crippen LogP contribution in [0.15, 0.2) is 48.5 Å². The molecule has 0 aromatic heterocycles. The number of rotatable bonds is 3. The predicted octanol–water partition coefficient (Wildman–Crippen LogP) is 4.61. The van der Waals surface area contributed by atoms with Crippen LogP contribution >= 0.6 is 0 Å². The molecule has 3 heteroatoms. The summed E-state index contributed by atoms with van der Waals surface area (Å²) in [6.45, 7) is 6.72. The molecule has 0 bridgehead atoms. The number of ether oxygens (including phenoxy) is 2. The summed E-state index contributed by atoms with van der Waals surface area (Å²) in [5, 5.41) is 0. The quantitative estimate of drug-likeness (QED) is 0.613. The van der Waals surface area contributed by atoms with Gasteiger partial charge in [-0.15, -0.1) is 0 Å². The normalized spacial score (nSPS) is 13.5. The van der Waals surface area contributed by atoms with Crippen LogP contribution in [0.4, 0.5) is 0 Å². The molecule has 3 rings (SSSR count). The summed E-state index contributed by atoms with van der Waals surface area (Å²) in [5.74, 6) is 1.45. The Morgan fingerprint density at radius 2 is 1.70 bits per heavy atom. The number of hydrogen-bond acceptors (Lipinski definition) is 3. The van der Waals surface area contributed by atoms with Crippen molar-refractivity contribution in [2.75, 3.05) is 6.79 Å². The standard InChI is InChI=1S/C20H20O3/c1-20(2,3)16-8-6-15(7-9-16)17(21)10-4-14-5-11-18-19(12-14)23-13-22-18/h4-12H,13H2,1-3H3/b10-4+. The number of carbonyl (C=O) groups is 1. The largest absolute Gasteiger partial charge is 0.454 e. The van der Waals surface area contributed by atoms with Gasteiger partial charge in [0.25, 0.3) is 0 Å². The van der Waals surface area contributed by atoms with Gasteiger partial charge < -0.3 is 9.47 Å². The van der Waals surface area contributed by atoms with Crippen molar-refractivity contribution in [1.29, 1.82) is 0 Å². The van der Waals surface area contributed by atoms with Crippen LogP contribution in [-0.2, 0) is 5.41 Å². The maximum Gasteiger partial charge on any atom is 0.231 e. The molecule has 23 heavy (non-hydrogen) atoms. The summed E-state index contributed by atoms with van der Waals surface area (Å²) in [6.07, 6.45) is 3.38. The molecule has 0 atom stereocenters. The molecule has 0 aliphatic carbocycles.